The van der Waals surface area contributed by atoms with Gasteiger partial charge in [-0.25, -0.2) is 19.8 Å². The first kappa shape index (κ1) is 13.9. The summed E-state index contributed by atoms with van der Waals surface area (Å²) in [4.78, 5) is 7.97. The minimum Gasteiger partial charge on any atom is -0.382 e. The molecule has 10 nitrogen and oxygen atoms in total. The van der Waals surface area contributed by atoms with Crippen LogP contribution in [0.5, 0.6) is 0 Å². The molecule has 0 spiro atoms. The molecular weight excluding hydrogens is 298 g/mol. The van der Waals surface area contributed by atoms with Crippen LogP contribution in [0.2, 0.25) is 0 Å². The molecule has 3 rings (SSSR count). The molecule has 0 saturated carbocycles. The molecule has 11 heteroatoms. The van der Waals surface area contributed by atoms with Crippen molar-refractivity contribution in [1.29, 1.82) is 0 Å². The zero-order chi connectivity index (χ0) is 15.0. The van der Waals surface area contributed by atoms with Gasteiger partial charge in [-0.05, 0) is 6.42 Å². The van der Waals surface area contributed by atoms with Gasteiger partial charge in [-0.2, -0.15) is 8.42 Å². The summed E-state index contributed by atoms with van der Waals surface area (Å²) in [5, 5.41) is 12.8. The van der Waals surface area contributed by atoms with Crippen molar-refractivity contribution in [1.82, 2.24) is 25.0 Å². The van der Waals surface area contributed by atoms with Crippen LogP contribution in [0.15, 0.2) is 18.5 Å². The van der Waals surface area contributed by atoms with Gasteiger partial charge in [0.1, 0.15) is 6.33 Å². The van der Waals surface area contributed by atoms with E-state index in [1.54, 1.807) is 4.68 Å². The maximum atomic E-state index is 10.8. The van der Waals surface area contributed by atoms with Crippen molar-refractivity contribution in [2.45, 2.75) is 12.5 Å². The second kappa shape index (κ2) is 5.02. The van der Waals surface area contributed by atoms with E-state index in [2.05, 4.69) is 24.5 Å². The number of aromatic nitrogens is 5. The van der Waals surface area contributed by atoms with Crippen molar-refractivity contribution in [3.05, 3.63) is 18.5 Å². The average Bonchev–Trinajstić information content (AvgIpc) is 3.02. The number of nitrogen functional groups attached to an aromatic ring is 1. The quantitative estimate of drug-likeness (QED) is 0.692. The molecule has 21 heavy (non-hydrogen) atoms. The Hall–Kier alpha value is -2.11. The van der Waals surface area contributed by atoms with E-state index in [1.807, 2.05) is 12.2 Å². The van der Waals surface area contributed by atoms with Crippen LogP contribution in [-0.4, -0.2) is 40.0 Å². The molecule has 0 radical (unpaired) electrons. The molecule has 4 N–H and O–H groups in total. The summed E-state index contributed by atoms with van der Waals surface area (Å²) < 4.78 is 27.8. The topological polar surface area (TPSA) is 152 Å². The molecule has 1 aliphatic carbocycles. The number of hydrogen-bond donors (Lipinski definition) is 2. The van der Waals surface area contributed by atoms with Crippen LogP contribution in [0.4, 0.5) is 5.82 Å². The first-order valence-electron chi connectivity index (χ1n) is 6.11. The van der Waals surface area contributed by atoms with Gasteiger partial charge in [0.25, 0.3) is 0 Å². The fourth-order valence-electron chi connectivity index (χ4n) is 2.24. The zero-order valence-corrected chi connectivity index (χ0v) is 11.6. The number of anilines is 1. The summed E-state index contributed by atoms with van der Waals surface area (Å²) in [5.41, 5.74) is 6.68. The Morgan fingerprint density at radius 1 is 1.38 bits per heavy atom. The van der Waals surface area contributed by atoms with Crippen LogP contribution in [0.1, 0.15) is 12.5 Å². The summed E-state index contributed by atoms with van der Waals surface area (Å²) in [6.07, 6.45) is 5.70. The van der Waals surface area contributed by atoms with Crippen molar-refractivity contribution in [2.24, 2.45) is 11.1 Å². The monoisotopic (exact) mass is 311 g/mol. The molecule has 2 atom stereocenters. The Bertz CT molecular complexity index is 800. The summed E-state index contributed by atoms with van der Waals surface area (Å²) in [6, 6.07) is -0.0987. The number of allylic oxidation sites excluding steroid dienone is 1. The van der Waals surface area contributed by atoms with Gasteiger partial charge in [-0.1, -0.05) is 17.4 Å². The van der Waals surface area contributed by atoms with Crippen molar-refractivity contribution >= 4 is 27.3 Å². The van der Waals surface area contributed by atoms with Crippen molar-refractivity contribution < 1.29 is 12.6 Å². The molecule has 112 valence electrons. The fraction of sp³-hybridized carbons (Fsp3) is 0.400. The molecule has 0 aliphatic heterocycles. The fourth-order valence-corrected chi connectivity index (χ4v) is 2.61. The minimum absolute atomic E-state index is 0.00438. The Balaban J connectivity index is 1.77. The molecule has 2 heterocycles. The third kappa shape index (κ3) is 2.84. The van der Waals surface area contributed by atoms with Gasteiger partial charge in [0.2, 0.25) is 0 Å². The van der Waals surface area contributed by atoms with Crippen LogP contribution in [0.25, 0.3) is 11.2 Å². The van der Waals surface area contributed by atoms with E-state index in [0.717, 1.165) is 0 Å². The van der Waals surface area contributed by atoms with E-state index in [1.165, 1.54) is 6.33 Å². The van der Waals surface area contributed by atoms with E-state index in [0.29, 0.717) is 17.6 Å². The molecule has 1 aliphatic rings. The molecule has 2 aromatic rings. The molecular formula is C10H13N7O3S. The van der Waals surface area contributed by atoms with Gasteiger partial charge >= 0.3 is 10.3 Å². The highest BCUT2D eigenvalue weighted by Gasteiger charge is 2.25. The first-order valence-corrected chi connectivity index (χ1v) is 7.58. The van der Waals surface area contributed by atoms with Crippen molar-refractivity contribution in [2.75, 3.05) is 12.3 Å². The van der Waals surface area contributed by atoms with Gasteiger partial charge < -0.3 is 5.73 Å². The van der Waals surface area contributed by atoms with Gasteiger partial charge in [0, 0.05) is 5.92 Å². The van der Waals surface area contributed by atoms with Crippen LogP contribution < -0.4 is 10.9 Å². The van der Waals surface area contributed by atoms with E-state index >= 15 is 0 Å². The van der Waals surface area contributed by atoms with E-state index in [9.17, 15) is 8.42 Å². The second-order valence-electron chi connectivity index (χ2n) is 4.69. The minimum atomic E-state index is -3.93. The highest BCUT2D eigenvalue weighted by molar-refractivity contribution is 7.84. The molecule has 2 aromatic heterocycles. The second-order valence-corrected chi connectivity index (χ2v) is 5.91. The largest absolute Gasteiger partial charge is 0.382 e. The molecule has 0 fully saturated rings. The Labute approximate surface area is 120 Å². The lowest BCUT2D eigenvalue weighted by atomic mass is 10.1. The predicted molar refractivity (Wildman–Crippen MR) is 72.9 cm³/mol. The highest BCUT2D eigenvalue weighted by atomic mass is 32.2. The van der Waals surface area contributed by atoms with E-state index in [4.69, 9.17) is 10.9 Å². The van der Waals surface area contributed by atoms with Gasteiger partial charge in [0.05, 0.1) is 12.6 Å². The average molecular weight is 311 g/mol. The number of nitrogens with two attached hydrogens (primary N) is 2. The highest BCUT2D eigenvalue weighted by Crippen LogP contribution is 2.29. The Kier molecular flexibility index (Phi) is 3.31. The molecule has 0 amide bonds. The first-order chi connectivity index (χ1) is 9.94. The molecule has 0 aromatic carbocycles. The third-order valence-electron chi connectivity index (χ3n) is 3.20. The summed E-state index contributed by atoms with van der Waals surface area (Å²) in [7, 11) is -3.93. The lowest BCUT2D eigenvalue weighted by molar-refractivity contribution is 0.269. The maximum Gasteiger partial charge on any atom is 0.333 e. The van der Waals surface area contributed by atoms with E-state index in [-0.39, 0.29) is 24.4 Å². The van der Waals surface area contributed by atoms with Crippen LogP contribution >= 0.6 is 0 Å². The number of nitrogens with zero attached hydrogens (tertiary/aromatic N) is 5. The summed E-state index contributed by atoms with van der Waals surface area (Å²) in [6.45, 7) is -0.00438. The van der Waals surface area contributed by atoms with Gasteiger partial charge in [-0.15, -0.1) is 5.10 Å². The smallest absolute Gasteiger partial charge is 0.333 e. The van der Waals surface area contributed by atoms with Gasteiger partial charge in [-0.3, -0.25) is 4.18 Å². The van der Waals surface area contributed by atoms with Crippen LogP contribution in [0, 0.1) is 5.92 Å². The maximum absolute atomic E-state index is 10.8. The molecule has 0 saturated heterocycles. The number of fused-ring (bicyclic) bond motifs is 1. The van der Waals surface area contributed by atoms with Crippen LogP contribution in [0.3, 0.4) is 0 Å². The van der Waals surface area contributed by atoms with E-state index < -0.39 is 10.3 Å². The SMILES string of the molecule is Nc1ncnc2c1nnn2[C@H]1C=C[C@@H](COS(N)(=O)=O)C1. The normalized spacial score (nSPS) is 22.1. The lowest BCUT2D eigenvalue weighted by Gasteiger charge is -2.11. The predicted octanol–water partition coefficient (Wildman–Crippen LogP) is -0.859. The van der Waals surface area contributed by atoms with Crippen LogP contribution in [-0.2, 0) is 14.5 Å². The number of hydrogen-bond acceptors (Lipinski definition) is 8. The molecule has 0 unspecified atom stereocenters. The standard InChI is InChI=1S/C10H13N7O3S/c11-9-8-10(14-5-13-9)17(16-15-8)7-2-1-6(3-7)4-20-21(12,18)19/h1-2,5-7H,3-4H2,(H2,11,13,14)(H2,12,18,19)/t6-,7+/m1/s1. The third-order valence-corrected chi connectivity index (χ3v) is 3.66. The number of rotatable bonds is 4. The van der Waals surface area contributed by atoms with Crippen molar-refractivity contribution in [3.63, 3.8) is 0 Å². The summed E-state index contributed by atoms with van der Waals surface area (Å²) in [5.74, 6) is 0.189. The Morgan fingerprint density at radius 2 is 2.19 bits per heavy atom. The Morgan fingerprint density at radius 3 is 2.95 bits per heavy atom. The van der Waals surface area contributed by atoms with Crippen molar-refractivity contribution in [3.8, 4) is 0 Å². The zero-order valence-electron chi connectivity index (χ0n) is 10.8. The van der Waals surface area contributed by atoms with Gasteiger partial charge in [0.15, 0.2) is 17.0 Å². The summed E-state index contributed by atoms with van der Waals surface area (Å²) >= 11 is 0. The molecule has 0 bridgehead atoms. The lowest BCUT2D eigenvalue weighted by Crippen LogP contribution is -2.20.